The van der Waals surface area contributed by atoms with Gasteiger partial charge in [-0.1, -0.05) is 0 Å². The number of amides is 1. The Hall–Kier alpha value is -1.97. The van der Waals surface area contributed by atoms with Crippen LogP contribution in [0.25, 0.3) is 11.2 Å². The lowest BCUT2D eigenvalue weighted by molar-refractivity contribution is -0.132. The van der Waals surface area contributed by atoms with Crippen molar-refractivity contribution in [1.29, 1.82) is 0 Å². The van der Waals surface area contributed by atoms with E-state index >= 15 is 0 Å². The van der Waals surface area contributed by atoms with Crippen molar-refractivity contribution in [3.63, 3.8) is 0 Å². The molecule has 0 radical (unpaired) electrons. The number of imidazole rings is 1. The molecule has 6 rings (SSSR count). The minimum atomic E-state index is -1.13. The van der Waals surface area contributed by atoms with Crippen molar-refractivity contribution in [2.75, 3.05) is 12.4 Å². The van der Waals surface area contributed by atoms with Gasteiger partial charge in [-0.25, -0.2) is 4.98 Å². The van der Waals surface area contributed by atoms with Crippen molar-refractivity contribution < 1.29 is 15.0 Å². The van der Waals surface area contributed by atoms with E-state index in [1.807, 2.05) is 0 Å². The Morgan fingerprint density at radius 1 is 1.23 bits per heavy atom. The number of carbonyl (C=O) groups excluding carboxylic acids is 1. The lowest BCUT2D eigenvalue weighted by atomic mass is 9.98. The third kappa shape index (κ3) is 2.31. The van der Waals surface area contributed by atoms with Crippen molar-refractivity contribution in [1.82, 2.24) is 24.8 Å². The van der Waals surface area contributed by atoms with Crippen LogP contribution in [0.3, 0.4) is 0 Å². The fourth-order valence-electron chi connectivity index (χ4n) is 6.64. The van der Waals surface area contributed by atoms with Crippen LogP contribution in [0.4, 0.5) is 5.82 Å². The highest BCUT2D eigenvalue weighted by Crippen LogP contribution is 2.67. The minimum Gasteiger partial charge on any atom is -0.389 e. The number of aliphatic hydroxyl groups excluding tert-OH is 2. The predicted octanol–water partition coefficient (Wildman–Crippen LogP) is 1.11. The van der Waals surface area contributed by atoms with Crippen molar-refractivity contribution >= 4 is 34.5 Å². The third-order valence-corrected chi connectivity index (χ3v) is 8.34. The summed E-state index contributed by atoms with van der Waals surface area (Å²) in [6.07, 6.45) is 4.89. The van der Waals surface area contributed by atoms with E-state index in [0.717, 1.165) is 0 Å². The molecule has 0 aliphatic heterocycles. The number of fused-ring (bicyclic) bond motifs is 4. The average molecular weight is 433 g/mol. The van der Waals surface area contributed by atoms with Crippen LogP contribution >= 0.6 is 11.6 Å². The molecule has 30 heavy (non-hydrogen) atoms. The molecular formula is C20H25ClN6O3. The van der Waals surface area contributed by atoms with E-state index in [1.54, 1.807) is 17.9 Å². The van der Waals surface area contributed by atoms with Crippen molar-refractivity contribution in [2.24, 2.45) is 23.2 Å². The highest BCUT2D eigenvalue weighted by Gasteiger charge is 2.75. The number of halogens is 1. The molecule has 4 N–H and O–H groups in total. The molecule has 9 nitrogen and oxygen atoms in total. The Balaban J connectivity index is 1.38. The van der Waals surface area contributed by atoms with Gasteiger partial charge >= 0.3 is 0 Å². The number of aromatic nitrogens is 4. The fraction of sp³-hybridized carbons (Fsp3) is 0.700. The maximum Gasteiger partial charge on any atom is 0.229 e. The molecule has 2 heterocycles. The Labute approximate surface area is 178 Å². The number of hydrogen-bond acceptors (Lipinski definition) is 7. The second-order valence-corrected chi connectivity index (χ2v) is 9.70. The summed E-state index contributed by atoms with van der Waals surface area (Å²) in [5.41, 5.74) is 0.167. The number of carbonyl (C=O) groups is 1. The first-order valence-electron chi connectivity index (χ1n) is 10.7. The summed E-state index contributed by atoms with van der Waals surface area (Å²) in [5, 5.41) is 27.7. The van der Waals surface area contributed by atoms with Gasteiger partial charge in [0.1, 0.15) is 6.10 Å². The van der Waals surface area contributed by atoms with Crippen LogP contribution < -0.4 is 10.6 Å². The number of nitrogens with one attached hydrogen (secondary N) is 2. The molecule has 4 saturated carbocycles. The van der Waals surface area contributed by atoms with E-state index in [9.17, 15) is 15.0 Å². The summed E-state index contributed by atoms with van der Waals surface area (Å²) in [7, 11) is 1.55. The van der Waals surface area contributed by atoms with E-state index in [1.165, 1.54) is 25.7 Å². The Bertz CT molecular complexity index is 1020. The Morgan fingerprint density at radius 3 is 2.60 bits per heavy atom. The van der Waals surface area contributed by atoms with Crippen LogP contribution in [-0.2, 0) is 4.79 Å². The van der Waals surface area contributed by atoms with Crippen LogP contribution in [0.15, 0.2) is 6.33 Å². The SMILES string of the molecule is CNC(=O)[C@]12C[C@H]1[C@@H](n1cnc3c(NC4C5CCC4CC5)nc(Cl)nc31)[C@H](O)[C@@H]2O. The molecule has 0 unspecified atom stereocenters. The highest BCUT2D eigenvalue weighted by atomic mass is 35.5. The zero-order valence-electron chi connectivity index (χ0n) is 16.6. The number of aliphatic hydroxyl groups is 2. The molecule has 4 fully saturated rings. The average Bonchev–Trinajstić information content (AvgIpc) is 2.99. The molecule has 0 spiro atoms. The zero-order valence-corrected chi connectivity index (χ0v) is 17.4. The summed E-state index contributed by atoms with van der Waals surface area (Å²) < 4.78 is 1.76. The van der Waals surface area contributed by atoms with Gasteiger partial charge in [-0.3, -0.25) is 4.79 Å². The Morgan fingerprint density at radius 2 is 1.93 bits per heavy atom. The van der Waals surface area contributed by atoms with Crippen LogP contribution in [0.5, 0.6) is 0 Å². The van der Waals surface area contributed by atoms with E-state index in [0.29, 0.717) is 41.3 Å². The lowest BCUT2D eigenvalue weighted by Gasteiger charge is -2.23. The largest absolute Gasteiger partial charge is 0.389 e. The quantitative estimate of drug-likeness (QED) is 0.533. The van der Waals surface area contributed by atoms with Crippen LogP contribution in [0, 0.1) is 23.2 Å². The maximum atomic E-state index is 12.4. The first kappa shape index (κ1) is 18.8. The van der Waals surface area contributed by atoms with Crippen LogP contribution in [-0.4, -0.2) is 60.9 Å². The van der Waals surface area contributed by atoms with E-state index < -0.39 is 23.7 Å². The molecule has 2 aromatic rings. The van der Waals surface area contributed by atoms with E-state index in [2.05, 4.69) is 25.6 Å². The van der Waals surface area contributed by atoms with Gasteiger partial charge in [0.05, 0.1) is 23.9 Å². The molecule has 160 valence electrons. The summed E-state index contributed by atoms with van der Waals surface area (Å²) in [6.45, 7) is 0. The van der Waals surface area contributed by atoms with E-state index in [4.69, 9.17) is 11.6 Å². The van der Waals surface area contributed by atoms with Crippen LogP contribution in [0.1, 0.15) is 38.1 Å². The standard InChI is InChI=1S/C20H25ClN6O3/c1-22-18(30)20-6-10(20)13(14(28)15(20)29)27-7-23-12-16(25-19(21)26-17(12)27)24-11-8-2-3-9(11)5-4-8/h7-11,13-15,28-29H,2-6H2,1H3,(H,22,30)(H,24,25,26)/t8?,9?,10-,11?,13+,14-,15-,20+/m0/s1. The van der Waals surface area contributed by atoms with E-state index in [-0.39, 0.29) is 17.1 Å². The van der Waals surface area contributed by atoms with Gasteiger partial charge in [-0.15, -0.1) is 0 Å². The molecule has 2 aromatic heterocycles. The number of hydrogen-bond donors (Lipinski definition) is 4. The Kier molecular flexibility index (Phi) is 3.93. The molecule has 5 atom stereocenters. The molecular weight excluding hydrogens is 408 g/mol. The normalized spacial score (nSPS) is 41.3. The van der Waals surface area contributed by atoms with Gasteiger partial charge < -0.3 is 25.4 Å². The van der Waals surface area contributed by atoms with Gasteiger partial charge in [-0.2, -0.15) is 9.97 Å². The second kappa shape index (κ2) is 6.27. The molecule has 0 saturated heterocycles. The first-order valence-corrected chi connectivity index (χ1v) is 11.1. The highest BCUT2D eigenvalue weighted by molar-refractivity contribution is 6.28. The van der Waals surface area contributed by atoms with Gasteiger partial charge in [0.25, 0.3) is 0 Å². The van der Waals surface area contributed by atoms with Gasteiger partial charge in [-0.05, 0) is 55.5 Å². The smallest absolute Gasteiger partial charge is 0.229 e. The molecule has 4 aliphatic rings. The van der Waals surface area contributed by atoms with Crippen LogP contribution in [0.2, 0.25) is 5.28 Å². The summed E-state index contributed by atoms with van der Waals surface area (Å²) in [6, 6.07) is -0.115. The maximum absolute atomic E-state index is 12.4. The first-order chi connectivity index (χ1) is 14.5. The number of nitrogens with zero attached hydrogens (tertiary/aromatic N) is 4. The lowest BCUT2D eigenvalue weighted by Crippen LogP contribution is -2.41. The second-order valence-electron chi connectivity index (χ2n) is 9.37. The zero-order chi connectivity index (χ0) is 20.8. The number of rotatable bonds is 4. The van der Waals surface area contributed by atoms with Gasteiger partial charge in [0, 0.05) is 19.0 Å². The predicted molar refractivity (Wildman–Crippen MR) is 109 cm³/mol. The minimum absolute atomic E-state index is 0.110. The third-order valence-electron chi connectivity index (χ3n) is 8.17. The summed E-state index contributed by atoms with van der Waals surface area (Å²) in [4.78, 5) is 25.8. The van der Waals surface area contributed by atoms with Gasteiger partial charge in [0.2, 0.25) is 11.2 Å². The van der Waals surface area contributed by atoms with Crippen molar-refractivity contribution in [3.05, 3.63) is 11.6 Å². The topological polar surface area (TPSA) is 125 Å². The fourth-order valence-corrected chi connectivity index (χ4v) is 6.80. The monoisotopic (exact) mass is 432 g/mol. The van der Waals surface area contributed by atoms with Crippen molar-refractivity contribution in [3.8, 4) is 0 Å². The van der Waals surface area contributed by atoms with Gasteiger partial charge in [0.15, 0.2) is 17.0 Å². The van der Waals surface area contributed by atoms with Crippen molar-refractivity contribution in [2.45, 2.75) is 56.4 Å². The summed E-state index contributed by atoms with van der Waals surface area (Å²) >= 11 is 6.27. The molecule has 10 heteroatoms. The number of anilines is 1. The molecule has 0 aromatic carbocycles. The summed E-state index contributed by atoms with van der Waals surface area (Å²) in [5.74, 6) is 1.52. The molecule has 2 bridgehead atoms. The molecule has 4 aliphatic carbocycles. The molecule has 1 amide bonds.